The lowest BCUT2D eigenvalue weighted by atomic mass is 9.93. The van der Waals surface area contributed by atoms with Crippen LogP contribution in [0.2, 0.25) is 0 Å². The molecule has 1 aliphatic heterocycles. The summed E-state index contributed by atoms with van der Waals surface area (Å²) in [7, 11) is 3.91. The van der Waals surface area contributed by atoms with Crippen LogP contribution in [0.15, 0.2) is 53.3 Å². The highest BCUT2D eigenvalue weighted by molar-refractivity contribution is 5.86. The number of hydrogen-bond donors (Lipinski definition) is 2. The Labute approximate surface area is 186 Å². The molecule has 0 bridgehead atoms. The number of H-pyrrole nitrogens is 1. The van der Waals surface area contributed by atoms with Gasteiger partial charge in [0.25, 0.3) is 0 Å². The number of hydrogen-bond acceptors (Lipinski definition) is 4. The average molecular weight is 433 g/mol. The molecular weight excluding hydrogens is 404 g/mol. The van der Waals surface area contributed by atoms with E-state index in [9.17, 15) is 9.90 Å². The number of imidazole rings is 1. The average Bonchev–Trinajstić information content (AvgIpc) is 3.27. The molecule has 5 rings (SSSR count). The Morgan fingerprint density at radius 3 is 2.62 bits per heavy atom. The molecule has 0 aliphatic carbocycles. The van der Waals surface area contributed by atoms with Crippen molar-refractivity contribution >= 4 is 10.9 Å². The van der Waals surface area contributed by atoms with Crippen molar-refractivity contribution in [1.29, 1.82) is 0 Å². The molecule has 1 atom stereocenters. The van der Waals surface area contributed by atoms with Crippen LogP contribution in [0.1, 0.15) is 35.5 Å². The van der Waals surface area contributed by atoms with Crippen molar-refractivity contribution in [3.8, 4) is 11.6 Å². The van der Waals surface area contributed by atoms with Gasteiger partial charge in [0.05, 0.1) is 12.3 Å². The Kier molecular flexibility index (Phi) is 5.06. The molecule has 7 nitrogen and oxygen atoms in total. The summed E-state index contributed by atoms with van der Waals surface area (Å²) in [5.41, 5.74) is 4.59. The van der Waals surface area contributed by atoms with Gasteiger partial charge >= 0.3 is 5.69 Å². The van der Waals surface area contributed by atoms with Crippen LogP contribution < -0.4 is 10.4 Å². The molecular formula is C25H28N4O3. The monoisotopic (exact) mass is 432 g/mol. The molecule has 32 heavy (non-hydrogen) atoms. The number of aromatic amines is 1. The summed E-state index contributed by atoms with van der Waals surface area (Å²) in [5, 5.41) is 12.2. The van der Waals surface area contributed by atoms with Gasteiger partial charge in [0.2, 0.25) is 5.88 Å². The van der Waals surface area contributed by atoms with Crippen molar-refractivity contribution in [1.82, 2.24) is 19.0 Å². The minimum Gasteiger partial charge on any atom is -0.494 e. The maximum Gasteiger partial charge on any atom is 0.332 e. The van der Waals surface area contributed by atoms with Crippen LogP contribution in [0.3, 0.4) is 0 Å². The Hall–Kier alpha value is -3.45. The first-order valence-corrected chi connectivity index (χ1v) is 11.0. The first-order chi connectivity index (χ1) is 15.5. The molecule has 0 radical (unpaired) electrons. The summed E-state index contributed by atoms with van der Waals surface area (Å²) in [4.78, 5) is 19.1. The van der Waals surface area contributed by atoms with Gasteiger partial charge in [0.15, 0.2) is 0 Å². The molecule has 166 valence electrons. The molecule has 1 aliphatic rings. The number of aromatic nitrogens is 3. The number of likely N-dealkylation sites (N-methyl/N-ethyl adjacent to an activating group) is 1. The Bertz CT molecular complexity index is 1330. The van der Waals surface area contributed by atoms with Gasteiger partial charge in [-0.1, -0.05) is 30.3 Å². The second-order valence-electron chi connectivity index (χ2n) is 8.52. The molecule has 3 heterocycles. The van der Waals surface area contributed by atoms with E-state index in [0.29, 0.717) is 31.8 Å². The first-order valence-electron chi connectivity index (χ1n) is 11.0. The molecule has 0 fully saturated rings. The standard InChI is InChI=1S/C25H28N4O3/c1-4-32-17-11-9-16(10-12-17)23-22-19(18-7-5-6-8-20(18)26-22)15-21-24(30)28(14-13-27(2)3)25(31)29(21)23/h5-12,23,26,30H,4,13-15H2,1-3H3/t23-/m0/s1. The number of aromatic hydroxyl groups is 1. The van der Waals surface area contributed by atoms with Crippen molar-refractivity contribution in [2.24, 2.45) is 0 Å². The van der Waals surface area contributed by atoms with E-state index in [-0.39, 0.29) is 17.6 Å². The zero-order valence-corrected chi connectivity index (χ0v) is 18.6. The fraction of sp³-hybridized carbons (Fsp3) is 0.320. The highest BCUT2D eigenvalue weighted by Gasteiger charge is 2.35. The van der Waals surface area contributed by atoms with Crippen LogP contribution in [-0.2, 0) is 13.0 Å². The lowest BCUT2D eigenvalue weighted by Crippen LogP contribution is -2.33. The molecule has 2 N–H and O–H groups in total. The fourth-order valence-corrected chi connectivity index (χ4v) is 4.70. The van der Waals surface area contributed by atoms with E-state index in [0.717, 1.165) is 33.5 Å². The van der Waals surface area contributed by atoms with E-state index in [1.807, 2.05) is 68.4 Å². The Morgan fingerprint density at radius 1 is 1.16 bits per heavy atom. The van der Waals surface area contributed by atoms with E-state index in [1.165, 1.54) is 4.57 Å². The minimum atomic E-state index is -0.351. The highest BCUT2D eigenvalue weighted by atomic mass is 16.5. The number of nitrogens with one attached hydrogen (secondary N) is 1. The van der Waals surface area contributed by atoms with Gasteiger partial charge in [0, 0.05) is 36.1 Å². The third kappa shape index (κ3) is 3.20. The predicted molar refractivity (Wildman–Crippen MR) is 125 cm³/mol. The molecule has 2 aromatic carbocycles. The highest BCUT2D eigenvalue weighted by Crippen LogP contribution is 2.41. The van der Waals surface area contributed by atoms with E-state index in [4.69, 9.17) is 4.74 Å². The molecule has 4 aromatic rings. The molecule has 0 saturated heterocycles. The summed E-state index contributed by atoms with van der Waals surface area (Å²) in [6.45, 7) is 3.65. The second kappa shape index (κ2) is 7.91. The van der Waals surface area contributed by atoms with Crippen molar-refractivity contribution in [3.05, 3.63) is 81.5 Å². The number of para-hydroxylation sites is 1. The van der Waals surface area contributed by atoms with Gasteiger partial charge in [0.1, 0.15) is 11.8 Å². The third-order valence-electron chi connectivity index (χ3n) is 6.24. The molecule has 0 amide bonds. The van der Waals surface area contributed by atoms with Crippen LogP contribution in [0, 0.1) is 0 Å². The summed E-state index contributed by atoms with van der Waals surface area (Å²) in [6.07, 6.45) is 0.503. The Morgan fingerprint density at radius 2 is 1.91 bits per heavy atom. The van der Waals surface area contributed by atoms with Crippen molar-refractivity contribution < 1.29 is 9.84 Å². The maximum atomic E-state index is 13.5. The smallest absolute Gasteiger partial charge is 0.332 e. The molecule has 2 aromatic heterocycles. The summed E-state index contributed by atoms with van der Waals surface area (Å²) < 4.78 is 8.85. The van der Waals surface area contributed by atoms with E-state index >= 15 is 0 Å². The lowest BCUT2D eigenvalue weighted by molar-refractivity contribution is 0.340. The third-order valence-corrected chi connectivity index (χ3v) is 6.24. The van der Waals surface area contributed by atoms with Crippen molar-refractivity contribution in [2.45, 2.75) is 25.9 Å². The molecule has 0 unspecified atom stereocenters. The SMILES string of the molecule is CCOc1ccc([C@H]2c3[nH]c4ccccc4c3Cc3c(O)n(CCN(C)C)c(=O)n32)cc1. The Balaban J connectivity index is 1.71. The van der Waals surface area contributed by atoms with E-state index in [2.05, 4.69) is 11.1 Å². The zero-order chi connectivity index (χ0) is 22.4. The van der Waals surface area contributed by atoms with Crippen molar-refractivity contribution in [2.75, 3.05) is 27.2 Å². The van der Waals surface area contributed by atoms with Gasteiger partial charge < -0.3 is 19.7 Å². The second-order valence-corrected chi connectivity index (χ2v) is 8.52. The van der Waals surface area contributed by atoms with Gasteiger partial charge in [-0.3, -0.25) is 9.13 Å². The number of fused-ring (bicyclic) bond motifs is 4. The summed E-state index contributed by atoms with van der Waals surface area (Å²) in [5.74, 6) is 0.853. The van der Waals surface area contributed by atoms with E-state index < -0.39 is 0 Å². The minimum absolute atomic E-state index is 0.0590. The quantitative estimate of drug-likeness (QED) is 0.432. The lowest BCUT2D eigenvalue weighted by Gasteiger charge is -2.26. The van der Waals surface area contributed by atoms with Crippen molar-refractivity contribution in [3.63, 3.8) is 0 Å². The van der Waals surface area contributed by atoms with Gasteiger partial charge in [-0.15, -0.1) is 0 Å². The largest absolute Gasteiger partial charge is 0.494 e. The van der Waals surface area contributed by atoms with Crippen LogP contribution in [-0.4, -0.2) is 51.4 Å². The van der Waals surface area contributed by atoms with E-state index in [1.54, 1.807) is 4.57 Å². The van der Waals surface area contributed by atoms with Gasteiger partial charge in [-0.05, 0) is 50.3 Å². The van der Waals surface area contributed by atoms with Crippen LogP contribution in [0.5, 0.6) is 11.6 Å². The molecule has 7 heteroatoms. The number of nitrogens with zero attached hydrogens (tertiary/aromatic N) is 3. The van der Waals surface area contributed by atoms with Crippen LogP contribution >= 0.6 is 0 Å². The normalized spacial score (nSPS) is 15.2. The van der Waals surface area contributed by atoms with Crippen LogP contribution in [0.25, 0.3) is 10.9 Å². The maximum absolute atomic E-state index is 13.5. The van der Waals surface area contributed by atoms with Crippen LogP contribution in [0.4, 0.5) is 0 Å². The first kappa shape index (κ1) is 20.5. The predicted octanol–water partition coefficient (Wildman–Crippen LogP) is 3.34. The zero-order valence-electron chi connectivity index (χ0n) is 18.6. The number of benzene rings is 2. The number of rotatable bonds is 6. The molecule has 0 spiro atoms. The van der Waals surface area contributed by atoms with Gasteiger partial charge in [-0.25, -0.2) is 4.79 Å². The molecule has 0 saturated carbocycles. The summed E-state index contributed by atoms with van der Waals surface area (Å²) >= 11 is 0. The fourth-order valence-electron chi connectivity index (χ4n) is 4.70. The van der Waals surface area contributed by atoms with Gasteiger partial charge in [-0.2, -0.15) is 0 Å². The summed E-state index contributed by atoms with van der Waals surface area (Å²) in [6, 6.07) is 15.7. The topological polar surface area (TPSA) is 75.4 Å². The number of ether oxygens (including phenoxy) is 1.